The molecule has 2 unspecified atom stereocenters. The van der Waals surface area contributed by atoms with Crippen LogP contribution in [0.2, 0.25) is 0 Å². The van der Waals surface area contributed by atoms with Crippen molar-refractivity contribution in [2.75, 3.05) is 25.1 Å². The van der Waals surface area contributed by atoms with Gasteiger partial charge in [-0.05, 0) is 18.8 Å². The Labute approximate surface area is 119 Å². The quantitative estimate of drug-likeness (QED) is 0.772. The highest BCUT2D eigenvalue weighted by Crippen LogP contribution is 2.27. The lowest BCUT2D eigenvalue weighted by Gasteiger charge is -2.16. The highest BCUT2D eigenvalue weighted by Gasteiger charge is 2.36. The first kappa shape index (κ1) is 14.7. The van der Waals surface area contributed by atoms with Crippen LogP contribution in [0.3, 0.4) is 0 Å². The second kappa shape index (κ2) is 6.15. The van der Waals surface area contributed by atoms with Gasteiger partial charge in [0.25, 0.3) is 0 Å². The molecule has 1 fully saturated rings. The molecule has 2 heterocycles. The van der Waals surface area contributed by atoms with E-state index in [0.717, 1.165) is 30.8 Å². The highest BCUT2D eigenvalue weighted by molar-refractivity contribution is 5.74. The molecule has 0 aromatic carbocycles. The van der Waals surface area contributed by atoms with E-state index >= 15 is 0 Å². The molecule has 0 N–H and O–H groups in total. The van der Waals surface area contributed by atoms with E-state index in [9.17, 15) is 4.79 Å². The SMILES string of the molecule is CCc1nnc(N2CC(C)C(C(=O)OC)C2)nc1CC. The first-order chi connectivity index (χ1) is 9.60. The second-order valence-electron chi connectivity index (χ2n) is 5.22. The molecule has 110 valence electrons. The molecule has 1 aromatic heterocycles. The predicted molar refractivity (Wildman–Crippen MR) is 75.5 cm³/mol. The van der Waals surface area contributed by atoms with Crippen LogP contribution in [0.4, 0.5) is 5.95 Å². The number of aryl methyl sites for hydroxylation is 2. The Kier molecular flexibility index (Phi) is 4.52. The van der Waals surface area contributed by atoms with Gasteiger partial charge in [-0.25, -0.2) is 4.98 Å². The number of anilines is 1. The van der Waals surface area contributed by atoms with Crippen molar-refractivity contribution in [3.63, 3.8) is 0 Å². The zero-order valence-corrected chi connectivity index (χ0v) is 12.6. The standard InChI is InChI=1S/C14H22N4O2/c1-5-11-12(6-2)16-17-14(15-11)18-7-9(3)10(8-18)13(19)20-4/h9-10H,5-8H2,1-4H3. The van der Waals surface area contributed by atoms with Crippen molar-refractivity contribution in [1.82, 2.24) is 15.2 Å². The molecule has 0 saturated carbocycles. The van der Waals surface area contributed by atoms with E-state index < -0.39 is 0 Å². The summed E-state index contributed by atoms with van der Waals surface area (Å²) >= 11 is 0. The van der Waals surface area contributed by atoms with Crippen LogP contribution in [0.5, 0.6) is 0 Å². The average Bonchev–Trinajstić information content (AvgIpc) is 2.87. The van der Waals surface area contributed by atoms with Crippen LogP contribution in [0.1, 0.15) is 32.2 Å². The number of aromatic nitrogens is 3. The number of rotatable bonds is 4. The van der Waals surface area contributed by atoms with Gasteiger partial charge in [0.05, 0.1) is 24.4 Å². The lowest BCUT2D eigenvalue weighted by molar-refractivity contribution is -0.145. The molecular weight excluding hydrogens is 256 g/mol. The summed E-state index contributed by atoms with van der Waals surface area (Å²) < 4.78 is 4.85. The zero-order chi connectivity index (χ0) is 14.7. The Morgan fingerprint density at radius 3 is 2.55 bits per heavy atom. The number of hydrogen-bond acceptors (Lipinski definition) is 6. The molecule has 20 heavy (non-hydrogen) atoms. The third-order valence-electron chi connectivity index (χ3n) is 3.90. The predicted octanol–water partition coefficient (Wildman–Crippen LogP) is 1.24. The molecule has 2 atom stereocenters. The van der Waals surface area contributed by atoms with Crippen molar-refractivity contribution in [2.45, 2.75) is 33.6 Å². The molecule has 1 aromatic rings. The van der Waals surface area contributed by atoms with E-state index in [-0.39, 0.29) is 17.8 Å². The number of methoxy groups -OCH3 is 1. The fraction of sp³-hybridized carbons (Fsp3) is 0.714. The van der Waals surface area contributed by atoms with Crippen LogP contribution >= 0.6 is 0 Å². The van der Waals surface area contributed by atoms with Gasteiger partial charge >= 0.3 is 5.97 Å². The summed E-state index contributed by atoms with van der Waals surface area (Å²) in [5.74, 6) is 0.590. The van der Waals surface area contributed by atoms with Gasteiger partial charge in [0.1, 0.15) is 0 Å². The first-order valence-corrected chi connectivity index (χ1v) is 7.15. The van der Waals surface area contributed by atoms with Crippen molar-refractivity contribution in [3.05, 3.63) is 11.4 Å². The fourth-order valence-electron chi connectivity index (χ4n) is 2.65. The Balaban J connectivity index is 2.19. The van der Waals surface area contributed by atoms with Gasteiger partial charge in [0.15, 0.2) is 0 Å². The highest BCUT2D eigenvalue weighted by atomic mass is 16.5. The second-order valence-corrected chi connectivity index (χ2v) is 5.22. The molecule has 1 aliphatic rings. The van der Waals surface area contributed by atoms with E-state index in [1.807, 2.05) is 4.90 Å². The molecule has 1 aliphatic heterocycles. The minimum absolute atomic E-state index is 0.112. The third kappa shape index (κ3) is 2.73. The third-order valence-corrected chi connectivity index (χ3v) is 3.90. The Bertz CT molecular complexity index is 492. The van der Waals surface area contributed by atoms with Crippen LogP contribution in [-0.4, -0.2) is 41.3 Å². The molecule has 0 amide bonds. The minimum atomic E-state index is -0.158. The van der Waals surface area contributed by atoms with Gasteiger partial charge in [0, 0.05) is 13.1 Å². The lowest BCUT2D eigenvalue weighted by atomic mass is 9.99. The smallest absolute Gasteiger partial charge is 0.310 e. The Hall–Kier alpha value is -1.72. The maximum atomic E-state index is 11.7. The molecular formula is C14H22N4O2. The number of esters is 1. The number of hydrogen-bond donors (Lipinski definition) is 0. The normalized spacial score (nSPS) is 22.1. The van der Waals surface area contributed by atoms with Gasteiger partial charge in [-0.3, -0.25) is 4.79 Å². The molecule has 0 spiro atoms. The van der Waals surface area contributed by atoms with Crippen LogP contribution in [-0.2, 0) is 22.4 Å². The van der Waals surface area contributed by atoms with Gasteiger partial charge in [-0.1, -0.05) is 20.8 Å². The molecule has 0 radical (unpaired) electrons. The summed E-state index contributed by atoms with van der Waals surface area (Å²) in [6.07, 6.45) is 1.68. The van der Waals surface area contributed by atoms with E-state index in [4.69, 9.17) is 4.74 Å². The maximum absolute atomic E-state index is 11.7. The minimum Gasteiger partial charge on any atom is -0.469 e. The molecule has 0 bridgehead atoms. The molecule has 6 nitrogen and oxygen atoms in total. The summed E-state index contributed by atoms with van der Waals surface area (Å²) in [6, 6.07) is 0. The first-order valence-electron chi connectivity index (χ1n) is 7.15. The van der Waals surface area contributed by atoms with Gasteiger partial charge in [-0.2, -0.15) is 5.10 Å². The summed E-state index contributed by atoms with van der Waals surface area (Å²) in [6.45, 7) is 7.53. The summed E-state index contributed by atoms with van der Waals surface area (Å²) in [7, 11) is 1.43. The number of ether oxygens (including phenoxy) is 1. The van der Waals surface area contributed by atoms with E-state index in [1.165, 1.54) is 7.11 Å². The summed E-state index contributed by atoms with van der Waals surface area (Å²) in [4.78, 5) is 18.3. The van der Waals surface area contributed by atoms with Crippen LogP contribution in [0, 0.1) is 11.8 Å². The van der Waals surface area contributed by atoms with Crippen LogP contribution in [0.25, 0.3) is 0 Å². The van der Waals surface area contributed by atoms with Gasteiger partial charge < -0.3 is 9.64 Å². The fourth-order valence-corrected chi connectivity index (χ4v) is 2.65. The van der Waals surface area contributed by atoms with Crippen LogP contribution in [0.15, 0.2) is 0 Å². The maximum Gasteiger partial charge on any atom is 0.310 e. The number of nitrogens with zero attached hydrogens (tertiary/aromatic N) is 4. The van der Waals surface area contributed by atoms with E-state index in [2.05, 4.69) is 36.0 Å². The van der Waals surface area contributed by atoms with Gasteiger partial charge in [0.2, 0.25) is 5.95 Å². The summed E-state index contributed by atoms with van der Waals surface area (Å²) in [5.41, 5.74) is 1.94. The molecule has 6 heteroatoms. The number of carbonyl (C=O) groups is 1. The summed E-state index contributed by atoms with van der Waals surface area (Å²) in [5, 5.41) is 8.46. The Morgan fingerprint density at radius 2 is 1.95 bits per heavy atom. The van der Waals surface area contributed by atoms with E-state index in [0.29, 0.717) is 12.5 Å². The Morgan fingerprint density at radius 1 is 1.25 bits per heavy atom. The largest absolute Gasteiger partial charge is 0.469 e. The lowest BCUT2D eigenvalue weighted by Crippen LogP contribution is -2.26. The van der Waals surface area contributed by atoms with Crippen LogP contribution < -0.4 is 4.90 Å². The van der Waals surface area contributed by atoms with Crippen molar-refractivity contribution in [1.29, 1.82) is 0 Å². The molecule has 2 rings (SSSR count). The zero-order valence-electron chi connectivity index (χ0n) is 12.6. The van der Waals surface area contributed by atoms with Crippen molar-refractivity contribution in [2.24, 2.45) is 11.8 Å². The van der Waals surface area contributed by atoms with Gasteiger partial charge in [-0.15, -0.1) is 5.10 Å². The average molecular weight is 278 g/mol. The topological polar surface area (TPSA) is 68.2 Å². The van der Waals surface area contributed by atoms with Crippen molar-refractivity contribution >= 4 is 11.9 Å². The van der Waals surface area contributed by atoms with E-state index in [1.54, 1.807) is 0 Å². The number of carbonyl (C=O) groups excluding carboxylic acids is 1. The monoisotopic (exact) mass is 278 g/mol. The van der Waals surface area contributed by atoms with Crippen molar-refractivity contribution in [3.8, 4) is 0 Å². The molecule has 0 aliphatic carbocycles. The molecule has 1 saturated heterocycles. The van der Waals surface area contributed by atoms with Crippen molar-refractivity contribution < 1.29 is 9.53 Å².